The Hall–Kier alpha value is -2.41. The molecule has 0 bridgehead atoms. The van der Waals surface area contributed by atoms with Gasteiger partial charge in [0.15, 0.2) is 6.10 Å². The molecule has 0 spiro atoms. The normalized spacial score (nSPS) is 20.6. The van der Waals surface area contributed by atoms with E-state index in [1.165, 1.54) is 0 Å². The molecule has 2 heterocycles. The van der Waals surface area contributed by atoms with E-state index in [9.17, 15) is 9.59 Å². The second-order valence-corrected chi connectivity index (χ2v) is 7.32. The number of carbonyl (C=O) groups is 2. The molecule has 0 radical (unpaired) electrons. The first-order valence-electron chi connectivity index (χ1n) is 8.36. The number of rotatable bonds is 3. The average Bonchev–Trinajstić information content (AvgIpc) is 3.14. The number of fused-ring (bicyclic) bond motifs is 1. The van der Waals surface area contributed by atoms with Gasteiger partial charge >= 0.3 is 5.97 Å². The Kier molecular flexibility index (Phi) is 4.51. The highest BCUT2D eigenvalue weighted by atomic mass is 16.6. The molecule has 1 saturated heterocycles. The second-order valence-electron chi connectivity index (χ2n) is 7.32. The smallest absolute Gasteiger partial charge is 0.335 e. The van der Waals surface area contributed by atoms with E-state index in [-0.39, 0.29) is 5.91 Å². The predicted molar refractivity (Wildman–Crippen MR) is 93.2 cm³/mol. The largest absolute Gasteiger partial charge is 0.458 e. The summed E-state index contributed by atoms with van der Waals surface area (Å²) in [6.45, 7) is 7.35. The topological polar surface area (TPSA) is 93.3 Å². The van der Waals surface area contributed by atoms with Crippen molar-refractivity contribution in [2.24, 2.45) is 0 Å². The van der Waals surface area contributed by atoms with Crippen molar-refractivity contribution in [2.45, 2.75) is 58.3 Å². The number of carbonyl (C=O) groups excluding carboxylic acids is 2. The van der Waals surface area contributed by atoms with Gasteiger partial charge in [-0.2, -0.15) is 0 Å². The zero-order valence-corrected chi connectivity index (χ0v) is 14.9. The maximum absolute atomic E-state index is 12.5. The highest BCUT2D eigenvalue weighted by molar-refractivity contribution is 6.01. The van der Waals surface area contributed by atoms with Gasteiger partial charge in [0.25, 0.3) is 5.91 Å². The summed E-state index contributed by atoms with van der Waals surface area (Å²) in [5, 5.41) is 2.86. The van der Waals surface area contributed by atoms with E-state index < -0.39 is 23.8 Å². The highest BCUT2D eigenvalue weighted by Gasteiger charge is 2.37. The van der Waals surface area contributed by atoms with Gasteiger partial charge in [-0.3, -0.25) is 4.79 Å². The minimum atomic E-state index is -0.696. The summed E-state index contributed by atoms with van der Waals surface area (Å²) in [5.41, 5.74) is 2.61. The van der Waals surface area contributed by atoms with E-state index in [1.54, 1.807) is 27.1 Å². The van der Waals surface area contributed by atoms with Crippen LogP contribution >= 0.6 is 0 Å². The maximum atomic E-state index is 12.5. The lowest BCUT2D eigenvalue weighted by molar-refractivity contribution is -0.168. The Morgan fingerprint density at radius 3 is 2.72 bits per heavy atom. The molecule has 25 heavy (non-hydrogen) atoms. The van der Waals surface area contributed by atoms with Gasteiger partial charge in [-0.1, -0.05) is 0 Å². The molecule has 0 unspecified atom stereocenters. The summed E-state index contributed by atoms with van der Waals surface area (Å²) >= 11 is 0. The van der Waals surface area contributed by atoms with Gasteiger partial charge in [0.1, 0.15) is 17.2 Å². The molecule has 7 nitrogen and oxygen atoms in total. The number of esters is 1. The van der Waals surface area contributed by atoms with Crippen LogP contribution in [0.3, 0.4) is 0 Å². The standard InChI is InChI=1S/C18H23N3O4/c1-10-7-11-15(20-9-19-11)12(8-10)21-16(22)13-5-6-14(24-13)17(23)25-18(2,3)4/h7-9,13-14H,5-6H2,1-4H3,(H,19,20)(H,21,22)/t13-,14+/m1/s1. The van der Waals surface area contributed by atoms with E-state index in [2.05, 4.69) is 15.3 Å². The first-order valence-corrected chi connectivity index (χ1v) is 8.36. The summed E-state index contributed by atoms with van der Waals surface area (Å²) in [4.78, 5) is 31.9. The number of ether oxygens (including phenoxy) is 2. The van der Waals surface area contributed by atoms with Gasteiger partial charge in [-0.05, 0) is 58.2 Å². The van der Waals surface area contributed by atoms with Crippen LogP contribution in [0.25, 0.3) is 11.0 Å². The Bertz CT molecular complexity index is 806. The Morgan fingerprint density at radius 2 is 2.00 bits per heavy atom. The fraction of sp³-hybridized carbons (Fsp3) is 0.500. The molecule has 1 aromatic carbocycles. The zero-order valence-electron chi connectivity index (χ0n) is 14.9. The first-order chi connectivity index (χ1) is 11.7. The van der Waals surface area contributed by atoms with Gasteiger partial charge in [0, 0.05) is 0 Å². The number of anilines is 1. The van der Waals surface area contributed by atoms with Gasteiger partial charge < -0.3 is 19.8 Å². The van der Waals surface area contributed by atoms with Crippen LogP contribution in [-0.2, 0) is 19.1 Å². The van der Waals surface area contributed by atoms with Gasteiger partial charge in [0.2, 0.25) is 0 Å². The Labute approximate surface area is 146 Å². The first kappa shape index (κ1) is 17.4. The number of hydrogen-bond acceptors (Lipinski definition) is 5. The molecule has 0 saturated carbocycles. The number of amides is 1. The minimum absolute atomic E-state index is 0.277. The molecule has 2 N–H and O–H groups in total. The fourth-order valence-electron chi connectivity index (χ4n) is 2.87. The van der Waals surface area contributed by atoms with E-state index in [0.29, 0.717) is 24.0 Å². The summed E-state index contributed by atoms with van der Waals surface area (Å²) < 4.78 is 10.9. The third kappa shape index (κ3) is 3.99. The fourth-order valence-corrected chi connectivity index (χ4v) is 2.87. The molecule has 1 aromatic heterocycles. The van der Waals surface area contributed by atoms with Crippen LogP contribution in [0.1, 0.15) is 39.2 Å². The Morgan fingerprint density at radius 1 is 1.28 bits per heavy atom. The minimum Gasteiger partial charge on any atom is -0.458 e. The predicted octanol–water partition coefficient (Wildman–Crippen LogP) is 2.70. The number of benzene rings is 1. The summed E-state index contributed by atoms with van der Waals surface area (Å²) in [7, 11) is 0. The molecule has 1 aliphatic heterocycles. The van der Waals surface area contributed by atoms with Crippen LogP contribution in [0, 0.1) is 6.92 Å². The number of aromatic amines is 1. The van der Waals surface area contributed by atoms with E-state index >= 15 is 0 Å². The third-order valence-corrected chi connectivity index (χ3v) is 3.91. The van der Waals surface area contributed by atoms with Crippen LogP contribution in [0.2, 0.25) is 0 Å². The van der Waals surface area contributed by atoms with Crippen LogP contribution in [0.15, 0.2) is 18.5 Å². The van der Waals surface area contributed by atoms with Gasteiger partial charge in [0.05, 0.1) is 17.5 Å². The molecule has 0 aliphatic carbocycles. The van der Waals surface area contributed by atoms with E-state index in [1.807, 2.05) is 19.1 Å². The lowest BCUT2D eigenvalue weighted by Gasteiger charge is -2.22. The van der Waals surface area contributed by atoms with E-state index in [4.69, 9.17) is 9.47 Å². The van der Waals surface area contributed by atoms with Crippen LogP contribution < -0.4 is 5.32 Å². The molecular weight excluding hydrogens is 322 g/mol. The van der Waals surface area contributed by atoms with Crippen molar-refractivity contribution in [1.82, 2.24) is 9.97 Å². The molecule has 7 heteroatoms. The zero-order chi connectivity index (χ0) is 18.2. The molecule has 2 aromatic rings. The lowest BCUT2D eigenvalue weighted by atomic mass is 10.1. The highest BCUT2D eigenvalue weighted by Crippen LogP contribution is 2.26. The van der Waals surface area contributed by atoms with Crippen molar-refractivity contribution < 1.29 is 19.1 Å². The summed E-state index contributed by atoms with van der Waals surface area (Å²) in [6.07, 6.45) is 1.17. The SMILES string of the molecule is Cc1cc(NC(=O)[C@H]2CC[C@@H](C(=O)OC(C)(C)C)O2)c2nc[nH]c2c1. The van der Waals surface area contributed by atoms with Crippen molar-refractivity contribution in [2.75, 3.05) is 5.32 Å². The van der Waals surface area contributed by atoms with Gasteiger partial charge in [-0.15, -0.1) is 0 Å². The van der Waals surface area contributed by atoms with E-state index in [0.717, 1.165) is 11.1 Å². The van der Waals surface area contributed by atoms with Crippen LogP contribution in [0.5, 0.6) is 0 Å². The maximum Gasteiger partial charge on any atom is 0.335 e. The number of H-pyrrole nitrogens is 1. The van der Waals surface area contributed by atoms with Crippen molar-refractivity contribution in [3.05, 3.63) is 24.0 Å². The molecule has 3 rings (SSSR count). The average molecular weight is 345 g/mol. The number of nitrogens with one attached hydrogen (secondary N) is 2. The van der Waals surface area contributed by atoms with Crippen molar-refractivity contribution in [3.8, 4) is 0 Å². The number of imidazole rings is 1. The molecule has 1 amide bonds. The lowest BCUT2D eigenvalue weighted by Crippen LogP contribution is -2.34. The van der Waals surface area contributed by atoms with Crippen molar-refractivity contribution in [1.29, 1.82) is 0 Å². The molecular formula is C18H23N3O4. The number of hydrogen-bond donors (Lipinski definition) is 2. The quantitative estimate of drug-likeness (QED) is 0.834. The Balaban J connectivity index is 1.66. The molecule has 1 fully saturated rings. The summed E-state index contributed by atoms with van der Waals surface area (Å²) in [5.74, 6) is -0.700. The van der Waals surface area contributed by atoms with Crippen LogP contribution in [0.4, 0.5) is 5.69 Å². The molecule has 2 atom stereocenters. The van der Waals surface area contributed by atoms with Crippen molar-refractivity contribution >= 4 is 28.6 Å². The molecule has 134 valence electrons. The second kappa shape index (κ2) is 6.48. The summed E-state index contributed by atoms with van der Waals surface area (Å²) in [6, 6.07) is 3.82. The number of aryl methyl sites for hydroxylation is 1. The molecule has 1 aliphatic rings. The van der Waals surface area contributed by atoms with Crippen LogP contribution in [-0.4, -0.2) is 39.7 Å². The number of nitrogens with zero attached hydrogens (tertiary/aromatic N) is 1. The van der Waals surface area contributed by atoms with Crippen molar-refractivity contribution in [3.63, 3.8) is 0 Å². The third-order valence-electron chi connectivity index (χ3n) is 3.91. The van der Waals surface area contributed by atoms with Gasteiger partial charge in [-0.25, -0.2) is 9.78 Å². The monoisotopic (exact) mass is 345 g/mol. The number of aromatic nitrogens is 2.